The minimum atomic E-state index is 0.0872. The number of ketones is 2. The molecule has 0 spiro atoms. The lowest BCUT2D eigenvalue weighted by molar-refractivity contribution is -0.127. The van der Waals surface area contributed by atoms with Crippen LogP contribution in [0.25, 0.3) is 0 Å². The lowest BCUT2D eigenvalue weighted by Crippen LogP contribution is -2.31. The van der Waals surface area contributed by atoms with E-state index in [4.69, 9.17) is 0 Å². The molecular formula is C15H24O2. The lowest BCUT2D eigenvalue weighted by atomic mass is 9.70. The first kappa shape index (κ1) is 14.1. The van der Waals surface area contributed by atoms with Gasteiger partial charge in [-0.15, -0.1) is 0 Å². The van der Waals surface area contributed by atoms with Crippen molar-refractivity contribution in [3.05, 3.63) is 11.6 Å². The van der Waals surface area contributed by atoms with Crippen molar-refractivity contribution in [1.82, 2.24) is 0 Å². The van der Waals surface area contributed by atoms with Gasteiger partial charge in [-0.25, -0.2) is 0 Å². The Morgan fingerprint density at radius 2 is 1.59 bits per heavy atom. The largest absolute Gasteiger partial charge is 0.300 e. The summed E-state index contributed by atoms with van der Waals surface area (Å²) in [5.74, 6) is 1.17. The Hall–Kier alpha value is -0.920. The van der Waals surface area contributed by atoms with Crippen molar-refractivity contribution >= 4 is 11.6 Å². The van der Waals surface area contributed by atoms with Gasteiger partial charge in [0, 0.05) is 18.3 Å². The summed E-state index contributed by atoms with van der Waals surface area (Å²) in [7, 11) is 0. The van der Waals surface area contributed by atoms with Gasteiger partial charge in [0.2, 0.25) is 0 Å². The van der Waals surface area contributed by atoms with Crippen LogP contribution in [0.2, 0.25) is 0 Å². The molecule has 0 aromatic rings. The molecule has 1 rings (SSSR count). The van der Waals surface area contributed by atoms with Gasteiger partial charge in [0.25, 0.3) is 0 Å². The summed E-state index contributed by atoms with van der Waals surface area (Å²) in [5.41, 5.74) is 1.32. The van der Waals surface area contributed by atoms with E-state index in [-0.39, 0.29) is 17.6 Å². The average molecular weight is 236 g/mol. The fourth-order valence-electron chi connectivity index (χ4n) is 2.81. The fourth-order valence-corrected chi connectivity index (χ4v) is 2.81. The molecule has 1 saturated carbocycles. The molecule has 0 heterocycles. The number of allylic oxidation sites excluding steroid dienone is 2. The predicted octanol–water partition coefficient (Wildman–Crippen LogP) is 3.55. The first-order valence-electron chi connectivity index (χ1n) is 6.65. The Balaban J connectivity index is 2.83. The Bertz CT molecular complexity index is 328. The van der Waals surface area contributed by atoms with Crippen LogP contribution < -0.4 is 0 Å². The topological polar surface area (TPSA) is 34.1 Å². The number of hydrogen-bond acceptors (Lipinski definition) is 2. The number of carbonyl (C=O) groups is 2. The van der Waals surface area contributed by atoms with E-state index < -0.39 is 0 Å². The molecule has 0 aromatic heterocycles. The Labute approximate surface area is 104 Å². The van der Waals surface area contributed by atoms with Gasteiger partial charge >= 0.3 is 0 Å². The average Bonchev–Trinajstić information content (AvgIpc) is 2.36. The summed E-state index contributed by atoms with van der Waals surface area (Å²) in [6.07, 6.45) is 5.35. The first-order valence-corrected chi connectivity index (χ1v) is 6.65. The second-order valence-corrected chi connectivity index (χ2v) is 5.26. The third-order valence-electron chi connectivity index (χ3n) is 4.19. The highest BCUT2D eigenvalue weighted by molar-refractivity contribution is 5.83. The zero-order valence-corrected chi connectivity index (χ0v) is 11.5. The van der Waals surface area contributed by atoms with E-state index in [0.29, 0.717) is 18.1 Å². The summed E-state index contributed by atoms with van der Waals surface area (Å²) in [6, 6.07) is 0. The molecule has 0 aliphatic heterocycles. The van der Waals surface area contributed by atoms with Gasteiger partial charge in [-0.3, -0.25) is 9.59 Å². The predicted molar refractivity (Wildman–Crippen MR) is 69.7 cm³/mol. The fraction of sp³-hybridized carbons (Fsp3) is 0.733. The van der Waals surface area contributed by atoms with Crippen LogP contribution in [0, 0.1) is 17.8 Å². The van der Waals surface area contributed by atoms with Crippen molar-refractivity contribution in [2.24, 2.45) is 17.8 Å². The van der Waals surface area contributed by atoms with Crippen molar-refractivity contribution in [1.29, 1.82) is 0 Å². The van der Waals surface area contributed by atoms with Crippen LogP contribution in [0.3, 0.4) is 0 Å². The molecule has 2 nitrogen and oxygen atoms in total. The van der Waals surface area contributed by atoms with Crippen LogP contribution >= 0.6 is 0 Å². The van der Waals surface area contributed by atoms with Crippen molar-refractivity contribution in [2.45, 2.75) is 53.4 Å². The van der Waals surface area contributed by atoms with Crippen LogP contribution in [0.1, 0.15) is 53.4 Å². The molecular weight excluding hydrogens is 212 g/mol. The standard InChI is InChI=1S/C15H24O2/c1-5-10(3)12-7-13(11(4)16)9-14(8-12)15(17)6-2/h5,12-14H,6-9H2,1-4H3/b10-5-/t12?,13-,14+/m0/s1. The third-order valence-corrected chi connectivity index (χ3v) is 4.19. The second kappa shape index (κ2) is 6.13. The monoisotopic (exact) mass is 236 g/mol. The summed E-state index contributed by atoms with van der Waals surface area (Å²) < 4.78 is 0. The zero-order chi connectivity index (χ0) is 13.0. The highest BCUT2D eigenvalue weighted by Gasteiger charge is 2.34. The van der Waals surface area contributed by atoms with E-state index in [0.717, 1.165) is 19.3 Å². The van der Waals surface area contributed by atoms with Crippen LogP contribution in [0.15, 0.2) is 11.6 Å². The van der Waals surface area contributed by atoms with Crippen LogP contribution in [0.5, 0.6) is 0 Å². The number of Topliss-reactive ketones (excluding diaryl/α,β-unsaturated/α-hetero) is 2. The molecule has 0 amide bonds. The molecule has 0 bridgehead atoms. The molecule has 1 fully saturated rings. The molecule has 3 atom stereocenters. The SMILES string of the molecule is C/C=C(/C)C1C[C@H](C(C)=O)C[C@H](C(=O)CC)C1. The number of rotatable bonds is 4. The Morgan fingerprint density at radius 1 is 1.06 bits per heavy atom. The van der Waals surface area contributed by atoms with Crippen molar-refractivity contribution < 1.29 is 9.59 Å². The molecule has 0 saturated heterocycles. The van der Waals surface area contributed by atoms with Crippen molar-refractivity contribution in [3.8, 4) is 0 Å². The quantitative estimate of drug-likeness (QED) is 0.699. The highest BCUT2D eigenvalue weighted by atomic mass is 16.1. The van der Waals surface area contributed by atoms with E-state index in [1.807, 2.05) is 13.8 Å². The van der Waals surface area contributed by atoms with E-state index in [1.54, 1.807) is 6.92 Å². The molecule has 1 aliphatic carbocycles. The van der Waals surface area contributed by atoms with Gasteiger partial charge in [0.05, 0.1) is 0 Å². The minimum Gasteiger partial charge on any atom is -0.300 e. The maximum atomic E-state index is 11.9. The normalized spacial score (nSPS) is 30.1. The molecule has 17 heavy (non-hydrogen) atoms. The second-order valence-electron chi connectivity index (χ2n) is 5.26. The molecule has 2 heteroatoms. The number of hydrogen-bond donors (Lipinski definition) is 0. The minimum absolute atomic E-state index is 0.0872. The van der Waals surface area contributed by atoms with E-state index in [2.05, 4.69) is 13.0 Å². The smallest absolute Gasteiger partial charge is 0.135 e. The van der Waals surface area contributed by atoms with Gasteiger partial charge in [-0.2, -0.15) is 0 Å². The molecule has 0 aromatic carbocycles. The maximum Gasteiger partial charge on any atom is 0.135 e. The summed E-state index contributed by atoms with van der Waals surface area (Å²) in [5, 5.41) is 0. The van der Waals surface area contributed by atoms with E-state index >= 15 is 0 Å². The Kier molecular flexibility index (Phi) is 5.10. The van der Waals surface area contributed by atoms with Crippen LogP contribution in [-0.2, 0) is 9.59 Å². The third kappa shape index (κ3) is 3.52. The van der Waals surface area contributed by atoms with E-state index in [1.165, 1.54) is 5.57 Å². The molecule has 1 unspecified atom stereocenters. The van der Waals surface area contributed by atoms with Gasteiger partial charge in [0.1, 0.15) is 11.6 Å². The molecule has 96 valence electrons. The summed E-state index contributed by atoms with van der Waals surface area (Å²) in [4.78, 5) is 23.4. The van der Waals surface area contributed by atoms with Crippen molar-refractivity contribution in [3.63, 3.8) is 0 Å². The summed E-state index contributed by atoms with van der Waals surface area (Å²) >= 11 is 0. The van der Waals surface area contributed by atoms with E-state index in [9.17, 15) is 9.59 Å². The number of carbonyl (C=O) groups excluding carboxylic acids is 2. The molecule has 0 N–H and O–H groups in total. The Morgan fingerprint density at radius 3 is 2.06 bits per heavy atom. The van der Waals surface area contributed by atoms with Crippen molar-refractivity contribution in [2.75, 3.05) is 0 Å². The maximum absolute atomic E-state index is 11.9. The van der Waals surface area contributed by atoms with Crippen LogP contribution in [0.4, 0.5) is 0 Å². The zero-order valence-electron chi connectivity index (χ0n) is 11.5. The van der Waals surface area contributed by atoms with Gasteiger partial charge in [-0.05, 0) is 46.0 Å². The lowest BCUT2D eigenvalue weighted by Gasteiger charge is -2.33. The van der Waals surface area contributed by atoms with Gasteiger partial charge in [0.15, 0.2) is 0 Å². The molecule has 1 aliphatic rings. The molecule has 0 radical (unpaired) electrons. The first-order chi connectivity index (χ1) is 7.99. The highest BCUT2D eigenvalue weighted by Crippen LogP contribution is 2.38. The summed E-state index contributed by atoms with van der Waals surface area (Å²) in [6.45, 7) is 7.72. The van der Waals surface area contributed by atoms with Gasteiger partial charge < -0.3 is 0 Å². The van der Waals surface area contributed by atoms with Gasteiger partial charge in [-0.1, -0.05) is 18.6 Å². The van der Waals surface area contributed by atoms with Crippen LogP contribution in [-0.4, -0.2) is 11.6 Å².